The van der Waals surface area contributed by atoms with E-state index in [0.29, 0.717) is 18.3 Å². The first-order chi connectivity index (χ1) is 12.3. The van der Waals surface area contributed by atoms with Gasteiger partial charge in [0.05, 0.1) is 12.5 Å². The molecule has 1 fully saturated rings. The van der Waals surface area contributed by atoms with Crippen LogP contribution in [0.4, 0.5) is 0 Å². The van der Waals surface area contributed by atoms with Crippen molar-refractivity contribution in [3.63, 3.8) is 0 Å². The van der Waals surface area contributed by atoms with E-state index < -0.39 is 0 Å². The van der Waals surface area contributed by atoms with Gasteiger partial charge < -0.3 is 9.84 Å². The number of unbranched alkanes of at least 4 members (excludes halogenated alkanes) is 1. The quantitative estimate of drug-likeness (QED) is 0.776. The van der Waals surface area contributed by atoms with Crippen molar-refractivity contribution in [1.82, 2.24) is 25.3 Å². The van der Waals surface area contributed by atoms with Gasteiger partial charge in [-0.3, -0.25) is 14.7 Å². The molecule has 3 heterocycles. The molecule has 0 aliphatic carbocycles. The minimum absolute atomic E-state index is 0.0475. The summed E-state index contributed by atoms with van der Waals surface area (Å²) in [6, 6.07) is 3.75. The van der Waals surface area contributed by atoms with Crippen LogP contribution in [0.3, 0.4) is 0 Å². The number of aromatic nitrogens is 3. The molecule has 1 N–H and O–H groups in total. The molecule has 0 saturated carbocycles. The van der Waals surface area contributed by atoms with Gasteiger partial charge in [0.1, 0.15) is 0 Å². The Bertz CT molecular complexity index is 673. The fraction of sp³-hybridized carbons (Fsp3) is 0.556. The molecule has 2 aromatic rings. The lowest BCUT2D eigenvalue weighted by Gasteiger charge is -2.30. The number of amides is 1. The Morgan fingerprint density at radius 3 is 3.20 bits per heavy atom. The Labute approximate surface area is 147 Å². The van der Waals surface area contributed by atoms with Gasteiger partial charge >= 0.3 is 0 Å². The molecule has 7 nitrogen and oxygen atoms in total. The van der Waals surface area contributed by atoms with Gasteiger partial charge in [0.25, 0.3) is 0 Å². The van der Waals surface area contributed by atoms with E-state index >= 15 is 0 Å². The summed E-state index contributed by atoms with van der Waals surface area (Å²) in [6.45, 7) is 5.15. The second-order valence-electron chi connectivity index (χ2n) is 6.47. The van der Waals surface area contributed by atoms with Crippen LogP contribution in [0.5, 0.6) is 0 Å². The van der Waals surface area contributed by atoms with E-state index in [0.717, 1.165) is 50.9 Å². The van der Waals surface area contributed by atoms with Gasteiger partial charge in [0.15, 0.2) is 0 Å². The van der Waals surface area contributed by atoms with Crippen LogP contribution < -0.4 is 5.32 Å². The van der Waals surface area contributed by atoms with Crippen LogP contribution in [0.15, 0.2) is 29.0 Å². The number of rotatable bonds is 7. The maximum Gasteiger partial charge on any atom is 0.241 e. The van der Waals surface area contributed by atoms with Crippen molar-refractivity contribution < 1.29 is 9.32 Å². The largest absolute Gasteiger partial charge is 0.356 e. The van der Waals surface area contributed by atoms with E-state index in [-0.39, 0.29) is 11.8 Å². The Morgan fingerprint density at radius 2 is 2.40 bits per heavy atom. The van der Waals surface area contributed by atoms with Crippen molar-refractivity contribution in [3.8, 4) is 11.4 Å². The molecule has 0 radical (unpaired) electrons. The van der Waals surface area contributed by atoms with Gasteiger partial charge in [-0.25, -0.2) is 0 Å². The Balaban J connectivity index is 1.54. The van der Waals surface area contributed by atoms with Crippen LogP contribution in [0, 0.1) is 5.92 Å². The third-order valence-corrected chi connectivity index (χ3v) is 4.45. The molecule has 1 saturated heterocycles. The van der Waals surface area contributed by atoms with E-state index in [9.17, 15) is 4.79 Å². The Kier molecular flexibility index (Phi) is 6.11. The van der Waals surface area contributed by atoms with Crippen LogP contribution >= 0.6 is 0 Å². The van der Waals surface area contributed by atoms with Crippen molar-refractivity contribution in [2.45, 2.75) is 39.2 Å². The molecule has 3 rings (SSSR count). The summed E-state index contributed by atoms with van der Waals surface area (Å²) in [5, 5.41) is 7.06. The third kappa shape index (κ3) is 4.85. The van der Waals surface area contributed by atoms with Gasteiger partial charge in [0, 0.05) is 31.0 Å². The summed E-state index contributed by atoms with van der Waals surface area (Å²) in [5.41, 5.74) is 0.837. The Hall–Kier alpha value is -2.28. The SMILES string of the molecule is CCCCNC(=O)C1CCCN(Cc2nc(-c3cccnc3)no2)C1. The number of carbonyl (C=O) groups excluding carboxylic acids is 1. The van der Waals surface area contributed by atoms with Crippen molar-refractivity contribution in [3.05, 3.63) is 30.4 Å². The maximum atomic E-state index is 12.3. The number of piperidine rings is 1. The Morgan fingerprint density at radius 1 is 1.48 bits per heavy atom. The van der Waals surface area contributed by atoms with Gasteiger partial charge in [0.2, 0.25) is 17.6 Å². The highest BCUT2D eigenvalue weighted by Gasteiger charge is 2.26. The third-order valence-electron chi connectivity index (χ3n) is 4.45. The summed E-state index contributed by atoms with van der Waals surface area (Å²) in [5.74, 6) is 1.34. The first-order valence-corrected chi connectivity index (χ1v) is 8.99. The van der Waals surface area contributed by atoms with Crippen LogP contribution in [-0.4, -0.2) is 45.6 Å². The van der Waals surface area contributed by atoms with Gasteiger partial charge in [-0.2, -0.15) is 4.98 Å². The molecule has 0 aromatic carbocycles. The van der Waals surface area contributed by atoms with Gasteiger partial charge in [-0.05, 0) is 37.9 Å². The number of nitrogens with zero attached hydrogens (tertiary/aromatic N) is 4. The molecule has 134 valence electrons. The zero-order chi connectivity index (χ0) is 17.5. The fourth-order valence-corrected chi connectivity index (χ4v) is 3.07. The van der Waals surface area contributed by atoms with E-state index in [2.05, 4.69) is 32.3 Å². The summed E-state index contributed by atoms with van der Waals surface area (Å²) < 4.78 is 5.37. The van der Waals surface area contributed by atoms with E-state index in [4.69, 9.17) is 4.52 Å². The molecule has 25 heavy (non-hydrogen) atoms. The van der Waals surface area contributed by atoms with E-state index in [1.165, 1.54) is 0 Å². The summed E-state index contributed by atoms with van der Waals surface area (Å²) in [6.07, 6.45) is 7.50. The normalized spacial score (nSPS) is 18.2. The summed E-state index contributed by atoms with van der Waals surface area (Å²) >= 11 is 0. The average Bonchev–Trinajstić information content (AvgIpc) is 3.11. The van der Waals surface area contributed by atoms with Crippen molar-refractivity contribution in [1.29, 1.82) is 0 Å². The lowest BCUT2D eigenvalue weighted by Crippen LogP contribution is -2.42. The molecule has 2 aromatic heterocycles. The van der Waals surface area contributed by atoms with Crippen LogP contribution in [-0.2, 0) is 11.3 Å². The number of carbonyl (C=O) groups is 1. The lowest BCUT2D eigenvalue weighted by molar-refractivity contribution is -0.126. The fourth-order valence-electron chi connectivity index (χ4n) is 3.07. The van der Waals surface area contributed by atoms with Gasteiger partial charge in [-0.1, -0.05) is 18.5 Å². The van der Waals surface area contributed by atoms with Crippen molar-refractivity contribution in [2.75, 3.05) is 19.6 Å². The second-order valence-corrected chi connectivity index (χ2v) is 6.47. The van der Waals surface area contributed by atoms with Gasteiger partial charge in [-0.15, -0.1) is 0 Å². The number of hydrogen-bond donors (Lipinski definition) is 1. The zero-order valence-corrected chi connectivity index (χ0v) is 14.6. The van der Waals surface area contributed by atoms with Crippen LogP contribution in [0.1, 0.15) is 38.5 Å². The summed E-state index contributed by atoms with van der Waals surface area (Å²) in [4.78, 5) is 23.0. The van der Waals surface area contributed by atoms with Crippen LogP contribution in [0.2, 0.25) is 0 Å². The van der Waals surface area contributed by atoms with E-state index in [1.807, 2.05) is 12.1 Å². The van der Waals surface area contributed by atoms with E-state index in [1.54, 1.807) is 12.4 Å². The monoisotopic (exact) mass is 343 g/mol. The highest BCUT2D eigenvalue weighted by Crippen LogP contribution is 2.20. The standard InChI is InChI=1S/C18H25N5O2/c1-2-3-9-20-18(24)15-7-5-10-23(12-15)13-16-21-17(22-25-16)14-6-4-8-19-11-14/h4,6,8,11,15H,2-3,5,7,9-10,12-13H2,1H3,(H,20,24). The highest BCUT2D eigenvalue weighted by atomic mass is 16.5. The molecule has 1 aliphatic heterocycles. The molecule has 0 spiro atoms. The number of likely N-dealkylation sites (tertiary alicyclic amines) is 1. The molecule has 7 heteroatoms. The molecular weight excluding hydrogens is 318 g/mol. The second kappa shape index (κ2) is 8.71. The molecule has 1 aliphatic rings. The predicted molar refractivity (Wildman–Crippen MR) is 93.4 cm³/mol. The average molecular weight is 343 g/mol. The molecule has 1 atom stereocenters. The molecule has 1 unspecified atom stereocenters. The lowest BCUT2D eigenvalue weighted by atomic mass is 9.97. The molecular formula is C18H25N5O2. The minimum atomic E-state index is 0.0475. The maximum absolute atomic E-state index is 12.3. The molecule has 0 bridgehead atoms. The topological polar surface area (TPSA) is 84.2 Å². The number of pyridine rings is 1. The minimum Gasteiger partial charge on any atom is -0.356 e. The van der Waals surface area contributed by atoms with Crippen molar-refractivity contribution >= 4 is 5.91 Å². The number of nitrogens with one attached hydrogen (secondary N) is 1. The predicted octanol–water partition coefficient (Wildman–Crippen LogP) is 2.26. The van der Waals surface area contributed by atoms with Crippen LogP contribution in [0.25, 0.3) is 11.4 Å². The van der Waals surface area contributed by atoms with Crippen molar-refractivity contribution in [2.24, 2.45) is 5.92 Å². The molecule has 1 amide bonds. The summed E-state index contributed by atoms with van der Waals surface area (Å²) in [7, 11) is 0. The first-order valence-electron chi connectivity index (χ1n) is 8.99. The smallest absolute Gasteiger partial charge is 0.241 e. The first kappa shape index (κ1) is 17.5. The highest BCUT2D eigenvalue weighted by molar-refractivity contribution is 5.78. The number of hydrogen-bond acceptors (Lipinski definition) is 6. The zero-order valence-electron chi connectivity index (χ0n) is 14.6.